The molecule has 1 fully saturated rings. The second-order valence-corrected chi connectivity index (χ2v) is 8.44. The predicted octanol–water partition coefficient (Wildman–Crippen LogP) is 1.71. The average Bonchev–Trinajstić information content (AvgIpc) is 2.47. The molecule has 1 saturated heterocycles. The van der Waals surface area contributed by atoms with E-state index in [0.717, 1.165) is 6.26 Å². The summed E-state index contributed by atoms with van der Waals surface area (Å²) in [6.45, 7) is 3.89. The number of morpholine rings is 1. The molecule has 1 amide bonds. The lowest BCUT2D eigenvalue weighted by molar-refractivity contribution is -0.144. The van der Waals surface area contributed by atoms with Crippen molar-refractivity contribution in [1.82, 2.24) is 9.62 Å². The van der Waals surface area contributed by atoms with Crippen molar-refractivity contribution in [3.8, 4) is 0 Å². The summed E-state index contributed by atoms with van der Waals surface area (Å²) >= 11 is 5.79. The first kappa shape index (κ1) is 19.1. The van der Waals surface area contributed by atoms with Gasteiger partial charge in [0, 0.05) is 6.54 Å². The number of nitrogens with zero attached hydrogens (tertiary/aromatic N) is 1. The van der Waals surface area contributed by atoms with Crippen LogP contribution in [0.4, 0.5) is 4.39 Å². The van der Waals surface area contributed by atoms with E-state index < -0.39 is 27.5 Å². The third kappa shape index (κ3) is 4.66. The second kappa shape index (κ2) is 6.95. The van der Waals surface area contributed by atoms with Crippen molar-refractivity contribution in [2.75, 3.05) is 26.0 Å². The second-order valence-electron chi connectivity index (χ2n) is 6.28. The quantitative estimate of drug-likeness (QED) is 0.865. The van der Waals surface area contributed by atoms with Crippen LogP contribution >= 0.6 is 11.6 Å². The number of sulfonamides is 1. The lowest BCUT2D eigenvalue weighted by atomic mass is 10.0. The molecule has 6 nitrogen and oxygen atoms in total. The van der Waals surface area contributed by atoms with E-state index in [-0.39, 0.29) is 17.5 Å². The Labute approximate surface area is 146 Å². The Morgan fingerprint density at radius 1 is 1.46 bits per heavy atom. The van der Waals surface area contributed by atoms with Gasteiger partial charge in [-0.05, 0) is 31.5 Å². The molecular formula is C15H20ClFN2O4S. The van der Waals surface area contributed by atoms with Crippen molar-refractivity contribution < 1.29 is 22.3 Å². The van der Waals surface area contributed by atoms with E-state index >= 15 is 0 Å². The Balaban J connectivity index is 2.15. The molecule has 0 unspecified atom stereocenters. The van der Waals surface area contributed by atoms with Crippen LogP contribution in [0.3, 0.4) is 0 Å². The van der Waals surface area contributed by atoms with Crippen molar-refractivity contribution in [3.63, 3.8) is 0 Å². The van der Waals surface area contributed by atoms with Gasteiger partial charge < -0.3 is 9.64 Å². The maximum absolute atomic E-state index is 13.3. The molecule has 0 bridgehead atoms. The first-order valence-electron chi connectivity index (χ1n) is 7.34. The average molecular weight is 379 g/mol. The number of amides is 1. The van der Waals surface area contributed by atoms with Crippen LogP contribution in [-0.2, 0) is 19.6 Å². The summed E-state index contributed by atoms with van der Waals surface area (Å²) in [5.74, 6) is -0.878. The molecule has 0 radical (unpaired) electrons. The number of hydrogen-bond donors (Lipinski definition) is 1. The molecule has 0 spiro atoms. The smallest absolute Gasteiger partial charge is 0.243 e. The summed E-state index contributed by atoms with van der Waals surface area (Å²) in [4.78, 5) is 14.2. The topological polar surface area (TPSA) is 75.7 Å². The molecule has 0 aromatic heterocycles. The normalized spacial score (nSPS) is 19.4. The van der Waals surface area contributed by atoms with E-state index in [0.29, 0.717) is 18.7 Å². The van der Waals surface area contributed by atoms with Gasteiger partial charge in [-0.1, -0.05) is 17.7 Å². The Kier molecular flexibility index (Phi) is 5.54. The van der Waals surface area contributed by atoms with Gasteiger partial charge in [-0.3, -0.25) is 4.79 Å². The fourth-order valence-corrected chi connectivity index (χ4v) is 3.85. The highest BCUT2D eigenvalue weighted by atomic mass is 35.5. The minimum absolute atomic E-state index is 0.0152. The van der Waals surface area contributed by atoms with Crippen LogP contribution in [0.25, 0.3) is 0 Å². The van der Waals surface area contributed by atoms with Crippen LogP contribution in [0.1, 0.15) is 25.5 Å². The van der Waals surface area contributed by atoms with Gasteiger partial charge in [-0.15, -0.1) is 0 Å². The van der Waals surface area contributed by atoms with Gasteiger partial charge in [0.25, 0.3) is 0 Å². The van der Waals surface area contributed by atoms with Crippen LogP contribution in [0.5, 0.6) is 0 Å². The summed E-state index contributed by atoms with van der Waals surface area (Å²) in [6.07, 6.45) is 0.555. The van der Waals surface area contributed by atoms with Crippen LogP contribution in [0.15, 0.2) is 18.2 Å². The third-order valence-electron chi connectivity index (χ3n) is 3.64. The molecule has 1 aliphatic rings. The van der Waals surface area contributed by atoms with Crippen molar-refractivity contribution in [2.24, 2.45) is 0 Å². The molecule has 24 heavy (non-hydrogen) atoms. The Bertz CT molecular complexity index is 739. The van der Waals surface area contributed by atoms with E-state index in [1.165, 1.54) is 30.9 Å². The van der Waals surface area contributed by atoms with Gasteiger partial charge in [-0.2, -0.15) is 0 Å². The van der Waals surface area contributed by atoms with Crippen LogP contribution in [-0.4, -0.2) is 50.7 Å². The Hall–Kier alpha value is -1.22. The lowest BCUT2D eigenvalue weighted by Crippen LogP contribution is -2.57. The summed E-state index contributed by atoms with van der Waals surface area (Å²) in [7, 11) is -3.53. The van der Waals surface area contributed by atoms with Crippen LogP contribution in [0, 0.1) is 5.82 Å². The SMILES string of the molecule is CC(C)(NS(C)(=O)=O)C(=O)N1CCO[C@H](c2ccc(F)c(Cl)c2)C1. The zero-order chi connectivity index (χ0) is 18.1. The highest BCUT2D eigenvalue weighted by molar-refractivity contribution is 7.88. The third-order valence-corrected chi connectivity index (χ3v) is 4.82. The number of carbonyl (C=O) groups excluding carboxylic acids is 1. The number of hydrogen-bond acceptors (Lipinski definition) is 4. The minimum Gasteiger partial charge on any atom is -0.370 e. The Morgan fingerprint density at radius 3 is 2.71 bits per heavy atom. The molecule has 9 heteroatoms. The van der Waals surface area contributed by atoms with Gasteiger partial charge in [0.05, 0.1) is 24.4 Å². The van der Waals surface area contributed by atoms with Gasteiger partial charge >= 0.3 is 0 Å². The van der Waals surface area contributed by atoms with Crippen molar-refractivity contribution in [2.45, 2.75) is 25.5 Å². The fraction of sp³-hybridized carbons (Fsp3) is 0.533. The molecule has 1 aromatic carbocycles. The summed E-state index contributed by atoms with van der Waals surface area (Å²) in [5.41, 5.74) is -0.608. The standard InChI is InChI=1S/C15H20ClFN2O4S/c1-15(2,18-24(3,21)22)14(20)19-6-7-23-13(9-19)10-4-5-12(17)11(16)8-10/h4-5,8,13,18H,6-7,9H2,1-3H3/t13-/m0/s1. The summed E-state index contributed by atoms with van der Waals surface area (Å²) in [6, 6.07) is 4.27. The van der Waals surface area contributed by atoms with Crippen LogP contribution < -0.4 is 4.72 Å². The van der Waals surface area contributed by atoms with E-state index in [2.05, 4.69) is 4.72 Å². The van der Waals surface area contributed by atoms with Crippen molar-refractivity contribution in [3.05, 3.63) is 34.6 Å². The van der Waals surface area contributed by atoms with Crippen molar-refractivity contribution >= 4 is 27.5 Å². The maximum atomic E-state index is 13.3. The number of nitrogens with one attached hydrogen (secondary N) is 1. The molecular weight excluding hydrogens is 359 g/mol. The fourth-order valence-electron chi connectivity index (χ4n) is 2.65. The van der Waals surface area contributed by atoms with Crippen LogP contribution in [0.2, 0.25) is 5.02 Å². The predicted molar refractivity (Wildman–Crippen MR) is 88.7 cm³/mol. The van der Waals surface area contributed by atoms with E-state index in [9.17, 15) is 17.6 Å². The molecule has 2 rings (SSSR count). The highest BCUT2D eigenvalue weighted by Gasteiger charge is 2.37. The molecule has 1 aromatic rings. The van der Waals surface area contributed by atoms with Gasteiger partial charge in [0.2, 0.25) is 15.9 Å². The first-order chi connectivity index (χ1) is 11.0. The largest absolute Gasteiger partial charge is 0.370 e. The molecule has 134 valence electrons. The number of halogens is 2. The zero-order valence-electron chi connectivity index (χ0n) is 13.7. The van der Waals surface area contributed by atoms with E-state index in [1.807, 2.05) is 0 Å². The number of benzene rings is 1. The Morgan fingerprint density at radius 2 is 2.12 bits per heavy atom. The summed E-state index contributed by atoms with van der Waals surface area (Å²) in [5, 5.41) is -0.0152. The van der Waals surface area contributed by atoms with Gasteiger partial charge in [0.1, 0.15) is 17.5 Å². The molecule has 1 aliphatic heterocycles. The maximum Gasteiger partial charge on any atom is 0.243 e. The van der Waals surface area contributed by atoms with E-state index in [4.69, 9.17) is 16.3 Å². The molecule has 1 heterocycles. The molecule has 0 aliphatic carbocycles. The monoisotopic (exact) mass is 378 g/mol. The highest BCUT2D eigenvalue weighted by Crippen LogP contribution is 2.27. The minimum atomic E-state index is -3.53. The number of carbonyl (C=O) groups is 1. The summed E-state index contributed by atoms with van der Waals surface area (Å²) < 4.78 is 44.1. The van der Waals surface area contributed by atoms with Crippen molar-refractivity contribution in [1.29, 1.82) is 0 Å². The van der Waals surface area contributed by atoms with Gasteiger partial charge in [-0.25, -0.2) is 17.5 Å². The molecule has 0 saturated carbocycles. The zero-order valence-corrected chi connectivity index (χ0v) is 15.2. The van der Waals surface area contributed by atoms with E-state index in [1.54, 1.807) is 6.07 Å². The van der Waals surface area contributed by atoms with Gasteiger partial charge in [0.15, 0.2) is 0 Å². The lowest BCUT2D eigenvalue weighted by Gasteiger charge is -2.37. The first-order valence-corrected chi connectivity index (χ1v) is 9.61. The molecule has 1 N–H and O–H groups in total. The number of rotatable bonds is 4. The molecule has 1 atom stereocenters. The number of ether oxygens (including phenoxy) is 1.